The van der Waals surface area contributed by atoms with Gasteiger partial charge in [0.05, 0.1) is 0 Å². The summed E-state index contributed by atoms with van der Waals surface area (Å²) in [6, 6.07) is 26.5. The lowest BCUT2D eigenvalue weighted by atomic mass is 9.96. The predicted octanol–water partition coefficient (Wildman–Crippen LogP) is 5.88. The van der Waals surface area contributed by atoms with E-state index < -0.39 is 11.7 Å². The van der Waals surface area contributed by atoms with Crippen molar-refractivity contribution < 1.29 is 19.1 Å². The third-order valence-electron chi connectivity index (χ3n) is 6.35. The molecule has 7 heteroatoms. The van der Waals surface area contributed by atoms with E-state index in [2.05, 4.69) is 40.5 Å². The molecule has 0 saturated carbocycles. The van der Waals surface area contributed by atoms with Crippen molar-refractivity contribution in [3.63, 3.8) is 0 Å². The van der Waals surface area contributed by atoms with Crippen LogP contribution in [0.1, 0.15) is 31.9 Å². The standard InChI is InChI=1S/C31H37N3O4/c1-31(2,3)38-29(35)32-17-16-26-14-15-27(22-28(26)25-12-8-5-9-13-25)33-18-20-34(21-19-33)30(36)37-23-24-10-6-4-7-11-24/h4-15,22H,16-21,23H2,1-3H3,(H,32,35). The second-order valence-corrected chi connectivity index (χ2v) is 10.4. The van der Waals surface area contributed by atoms with Crippen molar-refractivity contribution in [3.05, 3.63) is 90.0 Å². The van der Waals surface area contributed by atoms with E-state index in [4.69, 9.17) is 9.47 Å². The molecule has 0 spiro atoms. The third kappa shape index (κ3) is 7.75. The molecule has 1 saturated heterocycles. The maximum atomic E-state index is 12.6. The average Bonchev–Trinajstić information content (AvgIpc) is 2.92. The van der Waals surface area contributed by atoms with Crippen molar-refractivity contribution >= 4 is 17.9 Å². The lowest BCUT2D eigenvalue weighted by Gasteiger charge is -2.35. The van der Waals surface area contributed by atoms with Crippen LogP contribution in [0.4, 0.5) is 15.3 Å². The number of piperazine rings is 1. The second kappa shape index (κ2) is 12.5. The molecule has 3 aromatic rings. The van der Waals surface area contributed by atoms with Crippen molar-refractivity contribution in [3.8, 4) is 11.1 Å². The number of carbonyl (C=O) groups excluding carboxylic acids is 2. The molecule has 0 aromatic heterocycles. The fourth-order valence-corrected chi connectivity index (χ4v) is 4.44. The van der Waals surface area contributed by atoms with E-state index in [-0.39, 0.29) is 12.7 Å². The van der Waals surface area contributed by atoms with Gasteiger partial charge in [-0.2, -0.15) is 0 Å². The molecule has 0 atom stereocenters. The highest BCUT2D eigenvalue weighted by Crippen LogP contribution is 2.30. The van der Waals surface area contributed by atoms with E-state index >= 15 is 0 Å². The van der Waals surface area contributed by atoms with Crippen molar-refractivity contribution in [2.75, 3.05) is 37.6 Å². The number of amides is 2. The molecular formula is C31H37N3O4. The normalized spacial score (nSPS) is 13.7. The first-order chi connectivity index (χ1) is 18.3. The molecular weight excluding hydrogens is 478 g/mol. The molecule has 1 aliphatic heterocycles. The molecule has 2 amide bonds. The summed E-state index contributed by atoms with van der Waals surface area (Å²) in [6.07, 6.45) is 0.00647. The molecule has 7 nitrogen and oxygen atoms in total. The molecule has 4 rings (SSSR count). The molecule has 38 heavy (non-hydrogen) atoms. The van der Waals surface area contributed by atoms with Gasteiger partial charge >= 0.3 is 12.2 Å². The van der Waals surface area contributed by atoms with Crippen LogP contribution in [0.25, 0.3) is 11.1 Å². The SMILES string of the molecule is CC(C)(C)OC(=O)NCCc1ccc(N2CCN(C(=O)OCc3ccccc3)CC2)cc1-c1ccccc1. The minimum Gasteiger partial charge on any atom is -0.445 e. The van der Waals surface area contributed by atoms with Gasteiger partial charge in [-0.25, -0.2) is 9.59 Å². The Balaban J connectivity index is 1.38. The zero-order valence-electron chi connectivity index (χ0n) is 22.5. The highest BCUT2D eigenvalue weighted by molar-refractivity contribution is 5.73. The Kier molecular flexibility index (Phi) is 8.89. The van der Waals surface area contributed by atoms with Gasteiger partial charge in [-0.15, -0.1) is 0 Å². The molecule has 1 fully saturated rings. The largest absolute Gasteiger partial charge is 0.445 e. The van der Waals surface area contributed by atoms with Gasteiger partial charge in [0.1, 0.15) is 12.2 Å². The minimum atomic E-state index is -0.524. The maximum Gasteiger partial charge on any atom is 0.410 e. The molecule has 0 radical (unpaired) electrons. The van der Waals surface area contributed by atoms with Gasteiger partial charge in [-0.1, -0.05) is 66.7 Å². The fourth-order valence-electron chi connectivity index (χ4n) is 4.44. The minimum absolute atomic E-state index is 0.272. The lowest BCUT2D eigenvalue weighted by molar-refractivity contribution is 0.0528. The molecule has 200 valence electrons. The number of hydrogen-bond acceptors (Lipinski definition) is 5. The van der Waals surface area contributed by atoms with Crippen LogP contribution in [-0.4, -0.2) is 55.4 Å². The first-order valence-electron chi connectivity index (χ1n) is 13.1. The van der Waals surface area contributed by atoms with Gasteiger partial charge in [0, 0.05) is 38.4 Å². The third-order valence-corrected chi connectivity index (χ3v) is 6.35. The number of benzene rings is 3. The van der Waals surface area contributed by atoms with E-state index in [1.54, 1.807) is 4.90 Å². The second-order valence-electron chi connectivity index (χ2n) is 10.4. The highest BCUT2D eigenvalue weighted by Gasteiger charge is 2.23. The van der Waals surface area contributed by atoms with Crippen molar-refractivity contribution in [1.82, 2.24) is 10.2 Å². The molecule has 1 heterocycles. The maximum absolute atomic E-state index is 12.6. The number of hydrogen-bond donors (Lipinski definition) is 1. The first kappa shape index (κ1) is 27.0. The predicted molar refractivity (Wildman–Crippen MR) is 150 cm³/mol. The fraction of sp³-hybridized carbons (Fsp3) is 0.355. The van der Waals surface area contributed by atoms with Crippen LogP contribution in [0.5, 0.6) is 0 Å². The molecule has 1 aliphatic rings. The van der Waals surface area contributed by atoms with E-state index in [0.29, 0.717) is 26.1 Å². The number of anilines is 1. The summed E-state index contributed by atoms with van der Waals surface area (Å²) >= 11 is 0. The summed E-state index contributed by atoms with van der Waals surface area (Å²) in [5, 5.41) is 2.86. The number of nitrogens with one attached hydrogen (secondary N) is 1. The molecule has 3 aromatic carbocycles. The Morgan fingerprint density at radius 2 is 1.53 bits per heavy atom. The number of carbonyl (C=O) groups is 2. The van der Waals surface area contributed by atoms with Gasteiger partial charge < -0.3 is 24.6 Å². The lowest BCUT2D eigenvalue weighted by Crippen LogP contribution is -2.49. The van der Waals surface area contributed by atoms with Gasteiger partial charge in [0.15, 0.2) is 0 Å². The van der Waals surface area contributed by atoms with Crippen molar-refractivity contribution in [2.45, 2.75) is 39.4 Å². The van der Waals surface area contributed by atoms with Gasteiger partial charge in [0.25, 0.3) is 0 Å². The average molecular weight is 516 g/mol. The van der Waals surface area contributed by atoms with E-state index in [1.807, 2.05) is 69.3 Å². The number of rotatable bonds is 7. The van der Waals surface area contributed by atoms with Gasteiger partial charge in [-0.3, -0.25) is 0 Å². The first-order valence-corrected chi connectivity index (χ1v) is 13.1. The summed E-state index contributed by atoms with van der Waals surface area (Å²) in [5.41, 5.74) is 4.99. The monoisotopic (exact) mass is 515 g/mol. The molecule has 0 aliphatic carbocycles. The van der Waals surface area contributed by atoms with Crippen LogP contribution in [-0.2, 0) is 22.5 Å². The van der Waals surface area contributed by atoms with Crippen LogP contribution in [0.3, 0.4) is 0 Å². The Hall–Kier alpha value is -4.00. The van der Waals surface area contributed by atoms with Crippen LogP contribution in [0, 0.1) is 0 Å². The van der Waals surface area contributed by atoms with E-state index in [9.17, 15) is 9.59 Å². The Bertz CT molecular complexity index is 1200. The topological polar surface area (TPSA) is 71.1 Å². The van der Waals surface area contributed by atoms with Gasteiger partial charge in [-0.05, 0) is 61.6 Å². The van der Waals surface area contributed by atoms with Crippen LogP contribution in [0.15, 0.2) is 78.9 Å². The summed E-state index contributed by atoms with van der Waals surface area (Å²) in [5.74, 6) is 0. The van der Waals surface area contributed by atoms with E-state index in [0.717, 1.165) is 41.0 Å². The molecule has 0 bridgehead atoms. The van der Waals surface area contributed by atoms with Gasteiger partial charge in [0.2, 0.25) is 0 Å². The van der Waals surface area contributed by atoms with Crippen LogP contribution >= 0.6 is 0 Å². The van der Waals surface area contributed by atoms with Crippen LogP contribution in [0.2, 0.25) is 0 Å². The number of nitrogens with zero attached hydrogens (tertiary/aromatic N) is 2. The smallest absolute Gasteiger partial charge is 0.410 e. The zero-order valence-corrected chi connectivity index (χ0v) is 22.5. The molecule has 0 unspecified atom stereocenters. The Labute approximate surface area is 225 Å². The summed E-state index contributed by atoms with van der Waals surface area (Å²) in [4.78, 5) is 28.7. The Morgan fingerprint density at radius 3 is 2.18 bits per heavy atom. The molecule has 1 N–H and O–H groups in total. The quantitative estimate of drug-likeness (QED) is 0.426. The van der Waals surface area contributed by atoms with Crippen LogP contribution < -0.4 is 10.2 Å². The Morgan fingerprint density at radius 1 is 0.868 bits per heavy atom. The summed E-state index contributed by atoms with van der Waals surface area (Å²) in [7, 11) is 0. The van der Waals surface area contributed by atoms with E-state index in [1.165, 1.54) is 0 Å². The summed E-state index contributed by atoms with van der Waals surface area (Å²) < 4.78 is 10.9. The number of alkyl carbamates (subject to hydrolysis) is 1. The number of ether oxygens (including phenoxy) is 2. The zero-order chi connectivity index (χ0) is 27.0. The summed E-state index contributed by atoms with van der Waals surface area (Å²) in [6.45, 7) is 9.00. The highest BCUT2D eigenvalue weighted by atomic mass is 16.6. The van der Waals surface area contributed by atoms with Crippen molar-refractivity contribution in [1.29, 1.82) is 0 Å². The van der Waals surface area contributed by atoms with Crippen molar-refractivity contribution in [2.24, 2.45) is 0 Å².